The highest BCUT2D eigenvalue weighted by molar-refractivity contribution is 8.02. The van der Waals surface area contributed by atoms with Crippen LogP contribution in [-0.4, -0.2) is 76.1 Å². The van der Waals surface area contributed by atoms with Crippen molar-refractivity contribution in [3.63, 3.8) is 0 Å². The first-order valence-electron chi connectivity index (χ1n) is 16.4. The lowest BCUT2D eigenvalue weighted by atomic mass is 9.66. The van der Waals surface area contributed by atoms with Gasteiger partial charge >= 0.3 is 0 Å². The standard InChI is InChI=1S/C35H48N4O5S/c1-7-38(8-2)25-14-10-23(11-15-25)37-33(42)31-35-22(6)19-28(45-35)29(30(35)34(43)39(31)26(20-40)18-21(4)5)32(41)36-24-12-16-27(17-13-24)44-9-3/h10-17,21-22,26,28-31,40H,7-9,18-20H2,1-6H3,(H,36,41)(H,37,42)/t22?,26-,28-,29+,30+,31?,35?/m1/s1. The number of nitrogens with one attached hydrogen (secondary N) is 2. The van der Waals surface area contributed by atoms with E-state index in [1.54, 1.807) is 28.8 Å². The van der Waals surface area contributed by atoms with Gasteiger partial charge in [0.1, 0.15) is 11.8 Å². The summed E-state index contributed by atoms with van der Waals surface area (Å²) in [5, 5.41) is 16.7. The van der Waals surface area contributed by atoms with Gasteiger partial charge in [-0.25, -0.2) is 0 Å². The molecule has 5 rings (SSSR count). The predicted molar refractivity (Wildman–Crippen MR) is 181 cm³/mol. The molecule has 7 atom stereocenters. The molecule has 9 nitrogen and oxygen atoms in total. The Hall–Kier alpha value is -3.24. The molecule has 3 N–H and O–H groups in total. The second-order valence-corrected chi connectivity index (χ2v) is 14.5. The third kappa shape index (κ3) is 6.03. The molecule has 3 amide bonds. The van der Waals surface area contributed by atoms with Gasteiger partial charge in [-0.2, -0.15) is 0 Å². The van der Waals surface area contributed by atoms with Gasteiger partial charge in [-0.1, -0.05) is 20.8 Å². The lowest BCUT2D eigenvalue weighted by Gasteiger charge is -2.40. The zero-order valence-corrected chi connectivity index (χ0v) is 28.1. The van der Waals surface area contributed by atoms with Crippen LogP contribution in [0.3, 0.4) is 0 Å². The van der Waals surface area contributed by atoms with Crippen LogP contribution in [0.5, 0.6) is 5.75 Å². The highest BCUT2D eigenvalue weighted by atomic mass is 32.2. The van der Waals surface area contributed by atoms with Crippen LogP contribution in [0.2, 0.25) is 0 Å². The van der Waals surface area contributed by atoms with Crippen molar-refractivity contribution < 1.29 is 24.2 Å². The Kier molecular flexibility index (Phi) is 10.0. The third-order valence-electron chi connectivity index (χ3n) is 9.78. The molecule has 0 saturated carbocycles. The molecule has 2 aromatic rings. The molecule has 3 aliphatic rings. The van der Waals surface area contributed by atoms with Crippen molar-refractivity contribution in [1.29, 1.82) is 0 Å². The molecule has 0 aromatic heterocycles. The van der Waals surface area contributed by atoms with Crippen LogP contribution in [0.1, 0.15) is 54.4 Å². The van der Waals surface area contributed by atoms with Gasteiger partial charge in [0.05, 0.1) is 35.8 Å². The van der Waals surface area contributed by atoms with Crippen molar-refractivity contribution in [3.8, 4) is 5.75 Å². The Labute approximate surface area is 271 Å². The summed E-state index contributed by atoms with van der Waals surface area (Å²) in [6.45, 7) is 14.4. The zero-order chi connectivity index (χ0) is 32.5. The maximum atomic E-state index is 14.6. The fraction of sp³-hybridized carbons (Fsp3) is 0.571. The van der Waals surface area contributed by atoms with E-state index in [2.05, 4.69) is 36.3 Å². The molecular weight excluding hydrogens is 588 g/mol. The molecule has 2 bridgehead atoms. The molecule has 3 fully saturated rings. The lowest BCUT2D eigenvalue weighted by molar-refractivity contribution is -0.141. The van der Waals surface area contributed by atoms with Crippen molar-refractivity contribution in [2.24, 2.45) is 23.7 Å². The summed E-state index contributed by atoms with van der Waals surface area (Å²) in [6, 6.07) is 13.7. The first kappa shape index (κ1) is 33.1. The minimum absolute atomic E-state index is 0.0279. The maximum Gasteiger partial charge on any atom is 0.248 e. The van der Waals surface area contributed by atoms with E-state index in [1.807, 2.05) is 57.2 Å². The molecule has 244 valence electrons. The molecule has 0 radical (unpaired) electrons. The Balaban J connectivity index is 1.47. The minimum Gasteiger partial charge on any atom is -0.494 e. The van der Waals surface area contributed by atoms with Gasteiger partial charge in [0.15, 0.2) is 0 Å². The Morgan fingerprint density at radius 1 is 1.02 bits per heavy atom. The van der Waals surface area contributed by atoms with Crippen molar-refractivity contribution >= 4 is 46.5 Å². The van der Waals surface area contributed by atoms with E-state index in [4.69, 9.17) is 4.74 Å². The van der Waals surface area contributed by atoms with E-state index in [0.29, 0.717) is 24.4 Å². The average Bonchev–Trinajstić information content (AvgIpc) is 3.62. The first-order valence-corrected chi connectivity index (χ1v) is 17.3. The van der Waals surface area contributed by atoms with Gasteiger partial charge in [-0.15, -0.1) is 11.8 Å². The number of thioether (sulfide) groups is 1. The monoisotopic (exact) mass is 636 g/mol. The normalized spacial score (nSPS) is 27.4. The van der Waals surface area contributed by atoms with Crippen LogP contribution < -0.4 is 20.3 Å². The molecule has 0 aliphatic carbocycles. The van der Waals surface area contributed by atoms with E-state index in [9.17, 15) is 19.5 Å². The number of benzene rings is 2. The van der Waals surface area contributed by atoms with Crippen LogP contribution >= 0.6 is 11.8 Å². The summed E-state index contributed by atoms with van der Waals surface area (Å²) in [6.07, 6.45) is 1.29. The molecule has 3 aliphatic heterocycles. The number of rotatable bonds is 13. The summed E-state index contributed by atoms with van der Waals surface area (Å²) in [5.41, 5.74) is 2.37. The number of aliphatic hydroxyl groups excluding tert-OH is 1. The Morgan fingerprint density at radius 2 is 1.62 bits per heavy atom. The van der Waals surface area contributed by atoms with Crippen molar-refractivity contribution in [3.05, 3.63) is 48.5 Å². The van der Waals surface area contributed by atoms with Gasteiger partial charge in [0.2, 0.25) is 17.7 Å². The summed E-state index contributed by atoms with van der Waals surface area (Å²) in [7, 11) is 0. The predicted octanol–water partition coefficient (Wildman–Crippen LogP) is 5.25. The quantitative estimate of drug-likeness (QED) is 0.275. The molecule has 3 saturated heterocycles. The third-order valence-corrected chi connectivity index (χ3v) is 11.9. The Morgan fingerprint density at radius 3 is 2.18 bits per heavy atom. The van der Waals surface area contributed by atoms with Gasteiger partial charge in [-0.05, 0) is 94.0 Å². The van der Waals surface area contributed by atoms with E-state index in [0.717, 1.165) is 30.9 Å². The van der Waals surface area contributed by atoms with Crippen LogP contribution in [0.4, 0.5) is 17.1 Å². The van der Waals surface area contributed by atoms with Crippen LogP contribution in [-0.2, 0) is 14.4 Å². The molecule has 2 aromatic carbocycles. The van der Waals surface area contributed by atoms with E-state index < -0.39 is 28.7 Å². The summed E-state index contributed by atoms with van der Waals surface area (Å²) in [4.78, 5) is 46.8. The first-order chi connectivity index (χ1) is 21.6. The van der Waals surface area contributed by atoms with Gasteiger partial charge < -0.3 is 30.3 Å². The van der Waals surface area contributed by atoms with Crippen LogP contribution in [0, 0.1) is 23.7 Å². The molecule has 45 heavy (non-hydrogen) atoms. The number of carbonyl (C=O) groups is 3. The van der Waals surface area contributed by atoms with Crippen LogP contribution in [0.25, 0.3) is 0 Å². The summed E-state index contributed by atoms with van der Waals surface area (Å²) < 4.78 is 4.76. The molecular formula is C35H48N4O5S. The number of hydrogen-bond donors (Lipinski definition) is 3. The molecule has 3 heterocycles. The summed E-state index contributed by atoms with van der Waals surface area (Å²) >= 11 is 1.63. The lowest BCUT2D eigenvalue weighted by Crippen LogP contribution is -2.57. The molecule has 1 spiro atoms. The fourth-order valence-electron chi connectivity index (χ4n) is 7.85. The number of amides is 3. The van der Waals surface area contributed by atoms with Crippen molar-refractivity contribution in [1.82, 2.24) is 4.90 Å². The number of likely N-dealkylation sites (tertiary alicyclic amines) is 1. The number of ether oxygens (including phenoxy) is 1. The topological polar surface area (TPSA) is 111 Å². The number of fused-ring (bicyclic) bond motifs is 1. The number of carbonyl (C=O) groups excluding carboxylic acids is 3. The van der Waals surface area contributed by atoms with E-state index >= 15 is 0 Å². The van der Waals surface area contributed by atoms with E-state index in [1.165, 1.54) is 0 Å². The molecule has 10 heteroatoms. The number of anilines is 3. The second-order valence-electron chi connectivity index (χ2n) is 12.9. The minimum atomic E-state index is -0.818. The molecule has 3 unspecified atom stereocenters. The SMILES string of the molecule is CCOc1ccc(NC(=O)[C@@H]2[C@H]3C(=O)N([C@@H](CO)CC(C)C)C(C(=O)Nc4ccc(N(CC)CC)cc4)C34S[C@@H]2CC4C)cc1. The highest BCUT2D eigenvalue weighted by Crippen LogP contribution is 2.69. The fourth-order valence-corrected chi connectivity index (χ4v) is 10.3. The van der Waals surface area contributed by atoms with Gasteiger partial charge in [0, 0.05) is 35.4 Å². The van der Waals surface area contributed by atoms with Gasteiger partial charge in [-0.3, -0.25) is 14.4 Å². The maximum absolute atomic E-state index is 14.6. The number of nitrogens with zero attached hydrogens (tertiary/aromatic N) is 2. The smallest absolute Gasteiger partial charge is 0.248 e. The van der Waals surface area contributed by atoms with Crippen molar-refractivity contribution in [2.75, 3.05) is 41.8 Å². The van der Waals surface area contributed by atoms with Gasteiger partial charge in [0.25, 0.3) is 0 Å². The zero-order valence-electron chi connectivity index (χ0n) is 27.3. The second kappa shape index (κ2) is 13.6. The number of aliphatic hydroxyl groups is 1. The Bertz CT molecular complexity index is 1370. The van der Waals surface area contributed by atoms with Crippen molar-refractivity contribution in [2.45, 2.75) is 76.5 Å². The highest BCUT2D eigenvalue weighted by Gasteiger charge is 2.76. The van der Waals surface area contributed by atoms with Crippen LogP contribution in [0.15, 0.2) is 48.5 Å². The number of hydrogen-bond acceptors (Lipinski definition) is 7. The summed E-state index contributed by atoms with van der Waals surface area (Å²) in [5.74, 6) is -0.988. The van der Waals surface area contributed by atoms with E-state index in [-0.39, 0.29) is 41.4 Å². The average molecular weight is 637 g/mol. The largest absolute Gasteiger partial charge is 0.494 e.